The summed E-state index contributed by atoms with van der Waals surface area (Å²) in [6.07, 6.45) is 5.91. The molecule has 2 heteroatoms. The number of rotatable bonds is 4. The predicted octanol–water partition coefficient (Wildman–Crippen LogP) is 5.63. The Labute approximate surface area is 159 Å². The summed E-state index contributed by atoms with van der Waals surface area (Å²) in [4.78, 5) is 12.7. The molecule has 1 heterocycles. The molecule has 27 heavy (non-hydrogen) atoms. The monoisotopic (exact) mass is 352 g/mol. The van der Waals surface area contributed by atoms with E-state index in [2.05, 4.69) is 0 Å². The van der Waals surface area contributed by atoms with Crippen LogP contribution in [0.25, 0.3) is 11.8 Å². The van der Waals surface area contributed by atoms with E-state index in [0.29, 0.717) is 5.76 Å². The zero-order valence-corrected chi connectivity index (χ0v) is 14.9. The molecule has 0 aromatic heterocycles. The van der Waals surface area contributed by atoms with Crippen LogP contribution in [0.5, 0.6) is 0 Å². The van der Waals surface area contributed by atoms with E-state index in [1.54, 1.807) is 6.08 Å². The van der Waals surface area contributed by atoms with Crippen molar-refractivity contribution in [1.29, 1.82) is 0 Å². The van der Waals surface area contributed by atoms with Gasteiger partial charge in [-0.25, -0.2) is 0 Å². The van der Waals surface area contributed by atoms with Gasteiger partial charge in [0.05, 0.1) is 6.42 Å². The molecule has 1 aliphatic rings. The summed E-state index contributed by atoms with van der Waals surface area (Å²) in [6.45, 7) is 0. The van der Waals surface area contributed by atoms with Gasteiger partial charge in [0.1, 0.15) is 5.76 Å². The molecule has 0 fully saturated rings. The zero-order chi connectivity index (χ0) is 18.5. The van der Waals surface area contributed by atoms with Crippen LogP contribution in [0.1, 0.15) is 23.1 Å². The Balaban J connectivity index is 1.78. The third-order valence-corrected chi connectivity index (χ3v) is 4.69. The molecule has 0 saturated carbocycles. The third kappa shape index (κ3) is 3.75. The minimum atomic E-state index is -0.825. The van der Waals surface area contributed by atoms with Gasteiger partial charge in [-0.05, 0) is 17.2 Å². The van der Waals surface area contributed by atoms with Gasteiger partial charge in [0.25, 0.3) is 0 Å². The van der Waals surface area contributed by atoms with E-state index in [1.807, 2.05) is 103 Å². The summed E-state index contributed by atoms with van der Waals surface area (Å²) in [5.41, 5.74) is 2.11. The van der Waals surface area contributed by atoms with Crippen LogP contribution in [-0.4, -0.2) is 5.78 Å². The summed E-state index contributed by atoms with van der Waals surface area (Å²) >= 11 is 0. The molecule has 0 unspecified atom stereocenters. The zero-order valence-electron chi connectivity index (χ0n) is 14.9. The highest BCUT2D eigenvalue weighted by Gasteiger charge is 2.38. The molecule has 0 bridgehead atoms. The van der Waals surface area contributed by atoms with Crippen LogP contribution < -0.4 is 0 Å². The molecule has 0 aliphatic carbocycles. The van der Waals surface area contributed by atoms with Gasteiger partial charge in [0.15, 0.2) is 11.4 Å². The summed E-state index contributed by atoms with van der Waals surface area (Å²) in [6, 6.07) is 29.8. The van der Waals surface area contributed by atoms with E-state index < -0.39 is 5.60 Å². The summed E-state index contributed by atoms with van der Waals surface area (Å²) in [7, 11) is 0. The van der Waals surface area contributed by atoms with Crippen molar-refractivity contribution in [3.63, 3.8) is 0 Å². The lowest BCUT2D eigenvalue weighted by Gasteiger charge is -2.35. The Morgan fingerprint density at radius 1 is 0.778 bits per heavy atom. The molecule has 1 atom stereocenters. The molecule has 3 aromatic carbocycles. The van der Waals surface area contributed by atoms with Crippen molar-refractivity contribution in [1.82, 2.24) is 0 Å². The highest BCUT2D eigenvalue weighted by Crippen LogP contribution is 2.40. The van der Waals surface area contributed by atoms with Gasteiger partial charge in [-0.15, -0.1) is 0 Å². The minimum Gasteiger partial charge on any atom is -0.477 e. The van der Waals surface area contributed by atoms with Crippen molar-refractivity contribution in [2.75, 3.05) is 0 Å². The van der Waals surface area contributed by atoms with Gasteiger partial charge in [-0.2, -0.15) is 0 Å². The average Bonchev–Trinajstić information content (AvgIpc) is 2.74. The van der Waals surface area contributed by atoms with Crippen LogP contribution in [0.4, 0.5) is 0 Å². The smallest absolute Gasteiger partial charge is 0.164 e. The second-order valence-electron chi connectivity index (χ2n) is 6.62. The van der Waals surface area contributed by atoms with E-state index in [1.165, 1.54) is 0 Å². The topological polar surface area (TPSA) is 26.3 Å². The average molecular weight is 352 g/mol. The second kappa shape index (κ2) is 7.46. The lowest BCUT2D eigenvalue weighted by Crippen LogP contribution is -2.33. The highest BCUT2D eigenvalue weighted by atomic mass is 16.5. The summed E-state index contributed by atoms with van der Waals surface area (Å²) < 4.78 is 6.49. The Bertz CT molecular complexity index is 973. The van der Waals surface area contributed by atoms with Crippen LogP contribution in [0.2, 0.25) is 0 Å². The van der Waals surface area contributed by atoms with Gasteiger partial charge >= 0.3 is 0 Å². The van der Waals surface area contributed by atoms with Gasteiger partial charge < -0.3 is 4.74 Å². The van der Waals surface area contributed by atoms with Gasteiger partial charge in [0.2, 0.25) is 0 Å². The lowest BCUT2D eigenvalue weighted by molar-refractivity contribution is -0.119. The first kappa shape index (κ1) is 17.0. The number of hydrogen-bond acceptors (Lipinski definition) is 2. The number of allylic oxidation sites excluding steroid dienone is 1. The van der Waals surface area contributed by atoms with Crippen molar-refractivity contribution in [3.05, 3.63) is 120 Å². The molecule has 0 radical (unpaired) electrons. The maximum Gasteiger partial charge on any atom is 0.164 e. The number of ether oxygens (including phenoxy) is 1. The van der Waals surface area contributed by atoms with E-state index in [9.17, 15) is 4.79 Å². The van der Waals surface area contributed by atoms with Gasteiger partial charge in [-0.1, -0.05) is 97.1 Å². The Kier molecular flexibility index (Phi) is 4.71. The van der Waals surface area contributed by atoms with Crippen molar-refractivity contribution < 1.29 is 9.53 Å². The largest absolute Gasteiger partial charge is 0.477 e. The predicted molar refractivity (Wildman–Crippen MR) is 109 cm³/mol. The maximum atomic E-state index is 12.7. The molecule has 0 saturated heterocycles. The molecular formula is C25H20O2. The first-order valence-electron chi connectivity index (χ1n) is 9.04. The third-order valence-electron chi connectivity index (χ3n) is 4.69. The Hall–Kier alpha value is -3.39. The maximum absolute atomic E-state index is 12.7. The number of carbonyl (C=O) groups excluding carboxylic acids is 1. The summed E-state index contributed by atoms with van der Waals surface area (Å²) in [5, 5.41) is 0. The fraction of sp³-hybridized carbons (Fsp3) is 0.0800. The van der Waals surface area contributed by atoms with Gasteiger partial charge in [0, 0.05) is 11.6 Å². The van der Waals surface area contributed by atoms with Gasteiger partial charge in [-0.3, -0.25) is 4.79 Å². The molecule has 0 amide bonds. The molecule has 1 aliphatic heterocycles. The van der Waals surface area contributed by atoms with Crippen LogP contribution in [0, 0.1) is 0 Å². The van der Waals surface area contributed by atoms with E-state index >= 15 is 0 Å². The van der Waals surface area contributed by atoms with E-state index in [-0.39, 0.29) is 12.2 Å². The van der Waals surface area contributed by atoms with Crippen LogP contribution in [0.15, 0.2) is 103 Å². The van der Waals surface area contributed by atoms with Crippen LogP contribution in [-0.2, 0) is 15.1 Å². The molecular weight excluding hydrogens is 332 g/mol. The van der Waals surface area contributed by atoms with Crippen molar-refractivity contribution in [2.45, 2.75) is 12.0 Å². The first-order valence-corrected chi connectivity index (χ1v) is 9.04. The molecule has 0 N–H and O–H groups in total. The number of benzene rings is 3. The molecule has 132 valence electrons. The number of carbonyl (C=O) groups is 1. The van der Waals surface area contributed by atoms with Crippen LogP contribution >= 0.6 is 0 Å². The SMILES string of the molecule is O=C1C=C(c2ccccc2)O[C@](/C=C/c2ccccc2)(c2ccccc2)C1. The molecule has 0 spiro atoms. The number of ketones is 1. The number of hydrogen-bond donors (Lipinski definition) is 0. The standard InChI is InChI=1S/C25H20O2/c26-23-18-24(21-12-6-2-7-13-21)27-25(19-23,22-14-8-3-9-15-22)17-16-20-10-4-1-5-11-20/h1-18H,19H2/b17-16+/t25-/m0/s1. The fourth-order valence-electron chi connectivity index (χ4n) is 3.33. The second-order valence-corrected chi connectivity index (χ2v) is 6.62. The lowest BCUT2D eigenvalue weighted by atomic mass is 9.85. The normalized spacial score (nSPS) is 19.6. The van der Waals surface area contributed by atoms with Crippen LogP contribution in [0.3, 0.4) is 0 Å². The summed E-state index contributed by atoms with van der Waals surface area (Å²) in [5.74, 6) is 0.662. The van der Waals surface area contributed by atoms with Crippen molar-refractivity contribution in [3.8, 4) is 0 Å². The minimum absolute atomic E-state index is 0.0571. The van der Waals surface area contributed by atoms with Crippen molar-refractivity contribution >= 4 is 17.6 Å². The highest BCUT2D eigenvalue weighted by molar-refractivity contribution is 5.98. The van der Waals surface area contributed by atoms with E-state index in [4.69, 9.17) is 4.74 Å². The van der Waals surface area contributed by atoms with Crippen molar-refractivity contribution in [2.24, 2.45) is 0 Å². The quantitative estimate of drug-likeness (QED) is 0.609. The molecule has 2 nitrogen and oxygen atoms in total. The Morgan fingerprint density at radius 3 is 2.04 bits per heavy atom. The fourth-order valence-corrected chi connectivity index (χ4v) is 3.33. The molecule has 3 aromatic rings. The first-order chi connectivity index (χ1) is 13.3. The Morgan fingerprint density at radius 2 is 1.37 bits per heavy atom. The van der Waals surface area contributed by atoms with E-state index in [0.717, 1.165) is 16.7 Å². The molecule has 4 rings (SSSR count).